The molecule has 0 fully saturated rings. The van der Waals surface area contributed by atoms with Crippen molar-refractivity contribution in [3.05, 3.63) is 56.7 Å². The average molecular weight is 398 g/mol. The molecule has 0 radical (unpaired) electrons. The van der Waals surface area contributed by atoms with Crippen molar-refractivity contribution in [2.24, 2.45) is 0 Å². The Kier molecular flexibility index (Phi) is 6.52. The Morgan fingerprint density at radius 1 is 1.22 bits per heavy atom. The van der Waals surface area contributed by atoms with Crippen molar-refractivity contribution in [2.75, 3.05) is 11.9 Å². The molecule has 8 heteroatoms. The van der Waals surface area contributed by atoms with Crippen LogP contribution in [0.3, 0.4) is 0 Å². The summed E-state index contributed by atoms with van der Waals surface area (Å²) < 4.78 is 0. The monoisotopic (exact) mass is 397 g/mol. The van der Waals surface area contributed by atoms with E-state index in [1.165, 1.54) is 16.2 Å². The number of rotatable bonds is 5. The van der Waals surface area contributed by atoms with Crippen molar-refractivity contribution in [3.63, 3.8) is 0 Å². The van der Waals surface area contributed by atoms with Crippen LogP contribution in [0, 0.1) is 18.8 Å². The molecule has 138 valence electrons. The van der Waals surface area contributed by atoms with Crippen LogP contribution in [0.2, 0.25) is 0 Å². The van der Waals surface area contributed by atoms with Crippen LogP contribution >= 0.6 is 22.7 Å². The zero-order chi connectivity index (χ0) is 19.1. The molecule has 2 amide bonds. The lowest BCUT2D eigenvalue weighted by Gasteiger charge is -2.03. The first-order valence-electron chi connectivity index (χ1n) is 8.52. The summed E-state index contributed by atoms with van der Waals surface area (Å²) in [5, 5.41) is 7.17. The molecule has 0 aromatic carbocycles. The molecule has 27 heavy (non-hydrogen) atoms. The maximum absolute atomic E-state index is 12.0. The van der Waals surface area contributed by atoms with Gasteiger partial charge in [0.05, 0.1) is 10.7 Å². The maximum Gasteiger partial charge on any atom is 0.321 e. The van der Waals surface area contributed by atoms with Crippen molar-refractivity contribution in [2.45, 2.75) is 26.7 Å². The van der Waals surface area contributed by atoms with Gasteiger partial charge in [0, 0.05) is 42.0 Å². The predicted molar refractivity (Wildman–Crippen MR) is 109 cm³/mol. The largest absolute Gasteiger partial charge is 0.337 e. The molecule has 0 atom stereocenters. The standard InChI is InChI=1S/C19H19N5OS2/c1-3-15-12-22-17(26-15)8-11-21-18(25)24-19-23-13(2)16(27-19)5-4-14-6-9-20-10-7-14/h6-7,9-10,12H,3,8,11H2,1-2H3,(H2,21,23,24,25). The van der Waals surface area contributed by atoms with Crippen LogP contribution in [0.25, 0.3) is 0 Å². The Morgan fingerprint density at radius 2 is 2.04 bits per heavy atom. The Balaban J connectivity index is 1.52. The fourth-order valence-corrected chi connectivity index (χ4v) is 3.86. The number of thiazole rings is 2. The molecule has 3 rings (SSSR count). The minimum Gasteiger partial charge on any atom is -0.337 e. The molecule has 0 saturated carbocycles. The minimum absolute atomic E-state index is 0.273. The summed E-state index contributed by atoms with van der Waals surface area (Å²) in [7, 11) is 0. The van der Waals surface area contributed by atoms with Crippen LogP contribution in [0.4, 0.5) is 9.93 Å². The third-order valence-electron chi connectivity index (χ3n) is 3.59. The maximum atomic E-state index is 12.0. The average Bonchev–Trinajstić information content (AvgIpc) is 3.27. The highest BCUT2D eigenvalue weighted by Crippen LogP contribution is 2.21. The molecule has 0 aliphatic heterocycles. The molecule has 0 bridgehead atoms. The normalized spacial score (nSPS) is 10.1. The lowest BCUT2D eigenvalue weighted by atomic mass is 10.2. The molecule has 0 aliphatic rings. The summed E-state index contributed by atoms with van der Waals surface area (Å²) in [5.74, 6) is 6.17. The summed E-state index contributed by atoms with van der Waals surface area (Å²) in [4.78, 5) is 26.8. The van der Waals surface area contributed by atoms with Crippen molar-refractivity contribution < 1.29 is 4.79 Å². The van der Waals surface area contributed by atoms with Gasteiger partial charge in [-0.15, -0.1) is 11.3 Å². The Bertz CT molecular complexity index is 969. The van der Waals surface area contributed by atoms with Gasteiger partial charge in [-0.25, -0.2) is 14.8 Å². The van der Waals surface area contributed by atoms with Gasteiger partial charge in [0.1, 0.15) is 4.88 Å². The first kappa shape index (κ1) is 19.0. The van der Waals surface area contributed by atoms with E-state index in [1.54, 1.807) is 23.7 Å². The molecule has 3 aromatic heterocycles. The van der Waals surface area contributed by atoms with Crippen LogP contribution in [0.15, 0.2) is 30.7 Å². The fourth-order valence-electron chi connectivity index (χ4n) is 2.18. The van der Waals surface area contributed by atoms with E-state index >= 15 is 0 Å². The number of aryl methyl sites for hydroxylation is 2. The summed E-state index contributed by atoms with van der Waals surface area (Å²) >= 11 is 3.05. The van der Waals surface area contributed by atoms with Gasteiger partial charge < -0.3 is 5.32 Å². The first-order chi connectivity index (χ1) is 13.1. The predicted octanol–water partition coefficient (Wildman–Crippen LogP) is 3.63. The number of amides is 2. The van der Waals surface area contributed by atoms with Crippen LogP contribution < -0.4 is 10.6 Å². The van der Waals surface area contributed by atoms with Gasteiger partial charge in [0.2, 0.25) is 0 Å². The van der Waals surface area contributed by atoms with Crippen LogP contribution in [-0.4, -0.2) is 27.5 Å². The lowest BCUT2D eigenvalue weighted by molar-refractivity contribution is 0.252. The molecule has 3 aromatic rings. The van der Waals surface area contributed by atoms with Crippen molar-refractivity contribution >= 4 is 33.8 Å². The van der Waals surface area contributed by atoms with Crippen LogP contribution in [-0.2, 0) is 12.8 Å². The van der Waals surface area contributed by atoms with E-state index in [0.29, 0.717) is 11.7 Å². The SMILES string of the molecule is CCc1cnc(CCNC(=O)Nc2nc(C)c(C#Cc3ccncc3)s2)s1. The number of aromatic nitrogens is 3. The van der Waals surface area contributed by atoms with E-state index < -0.39 is 0 Å². The number of anilines is 1. The molecule has 0 spiro atoms. The second kappa shape index (κ2) is 9.26. The molecule has 2 N–H and O–H groups in total. The van der Waals surface area contributed by atoms with E-state index in [1.807, 2.05) is 25.3 Å². The number of urea groups is 1. The molecule has 0 aliphatic carbocycles. The number of hydrogen-bond donors (Lipinski definition) is 2. The highest BCUT2D eigenvalue weighted by molar-refractivity contribution is 7.16. The second-order valence-corrected chi connectivity index (χ2v) is 7.82. The van der Waals surface area contributed by atoms with Gasteiger partial charge in [-0.05, 0) is 31.4 Å². The quantitative estimate of drug-likeness (QED) is 0.644. The van der Waals surface area contributed by atoms with Gasteiger partial charge in [-0.2, -0.15) is 0 Å². The van der Waals surface area contributed by atoms with E-state index in [-0.39, 0.29) is 6.03 Å². The second-order valence-electron chi connectivity index (χ2n) is 5.62. The number of carbonyl (C=O) groups excluding carboxylic acids is 1. The van der Waals surface area contributed by atoms with E-state index in [9.17, 15) is 4.79 Å². The van der Waals surface area contributed by atoms with E-state index in [2.05, 4.69) is 44.4 Å². The minimum atomic E-state index is -0.273. The Morgan fingerprint density at radius 3 is 2.78 bits per heavy atom. The Labute approximate surface area is 166 Å². The van der Waals surface area contributed by atoms with Gasteiger partial charge >= 0.3 is 6.03 Å². The number of nitrogens with zero attached hydrogens (tertiary/aromatic N) is 3. The molecule has 6 nitrogen and oxygen atoms in total. The van der Waals surface area contributed by atoms with Gasteiger partial charge in [-0.3, -0.25) is 10.3 Å². The summed E-state index contributed by atoms with van der Waals surface area (Å²) in [6, 6.07) is 3.42. The number of pyridine rings is 1. The van der Waals surface area contributed by atoms with Crippen molar-refractivity contribution in [1.29, 1.82) is 0 Å². The molecule has 0 unspecified atom stereocenters. The Hall–Kier alpha value is -2.76. The number of carbonyl (C=O) groups is 1. The fraction of sp³-hybridized carbons (Fsp3) is 0.263. The third-order valence-corrected chi connectivity index (χ3v) is 5.78. The van der Waals surface area contributed by atoms with Crippen molar-refractivity contribution in [1.82, 2.24) is 20.3 Å². The summed E-state index contributed by atoms with van der Waals surface area (Å²) in [5.41, 5.74) is 1.69. The zero-order valence-electron chi connectivity index (χ0n) is 15.1. The van der Waals surface area contributed by atoms with Gasteiger partial charge in [-0.1, -0.05) is 24.2 Å². The number of nitrogens with one attached hydrogen (secondary N) is 2. The highest BCUT2D eigenvalue weighted by atomic mass is 32.1. The van der Waals surface area contributed by atoms with Crippen LogP contribution in [0.5, 0.6) is 0 Å². The molecular formula is C19H19N5OS2. The smallest absolute Gasteiger partial charge is 0.321 e. The molecular weight excluding hydrogens is 378 g/mol. The topological polar surface area (TPSA) is 79.8 Å². The first-order valence-corrected chi connectivity index (χ1v) is 10.1. The zero-order valence-corrected chi connectivity index (χ0v) is 16.7. The molecule has 0 saturated heterocycles. The van der Waals surface area contributed by atoms with Crippen molar-refractivity contribution in [3.8, 4) is 11.8 Å². The van der Waals surface area contributed by atoms with E-state index in [4.69, 9.17) is 0 Å². The van der Waals surface area contributed by atoms with Gasteiger partial charge in [0.25, 0.3) is 0 Å². The van der Waals surface area contributed by atoms with E-state index in [0.717, 1.165) is 34.0 Å². The lowest BCUT2D eigenvalue weighted by Crippen LogP contribution is -2.30. The van der Waals surface area contributed by atoms with Gasteiger partial charge in [0.15, 0.2) is 5.13 Å². The molecule has 3 heterocycles. The summed E-state index contributed by atoms with van der Waals surface area (Å²) in [6.45, 7) is 4.51. The third kappa shape index (κ3) is 5.61. The summed E-state index contributed by atoms with van der Waals surface area (Å²) in [6.07, 6.45) is 7.01. The van der Waals surface area contributed by atoms with Crippen LogP contribution in [0.1, 0.15) is 32.9 Å². The highest BCUT2D eigenvalue weighted by Gasteiger charge is 2.09. The number of hydrogen-bond acceptors (Lipinski definition) is 6.